The van der Waals surface area contributed by atoms with Crippen molar-refractivity contribution in [2.24, 2.45) is 11.7 Å². The van der Waals surface area contributed by atoms with Crippen molar-refractivity contribution in [1.82, 2.24) is 0 Å². The van der Waals surface area contributed by atoms with Gasteiger partial charge in [-0.2, -0.15) is 0 Å². The number of hydrogen-bond acceptors (Lipinski definition) is 3. The van der Waals surface area contributed by atoms with Gasteiger partial charge in [0.25, 0.3) is 0 Å². The van der Waals surface area contributed by atoms with E-state index < -0.39 is 5.97 Å². The number of rotatable bonds is 11. The summed E-state index contributed by atoms with van der Waals surface area (Å²) in [6.07, 6.45) is 5.58. The fourth-order valence-corrected chi connectivity index (χ4v) is 2.25. The fraction of sp³-hybridized carbons (Fsp3) is 0.923. The quantitative estimate of drug-likeness (QED) is 0.400. The number of carboxylic acid groups (broad SMARTS) is 1. The monoisotopic (exact) mass is 279 g/mol. The number of unbranched alkanes of at least 4 members (excludes halogenated alkanes) is 1. The third-order valence-corrected chi connectivity index (χ3v) is 3.50. The summed E-state index contributed by atoms with van der Waals surface area (Å²) in [6.45, 7) is 2.14. The van der Waals surface area contributed by atoms with Gasteiger partial charge in [0.05, 0.1) is 6.61 Å². The number of aliphatic hydroxyl groups is 1. The SMILES string of the molecule is CC(CCCCC(=O)O)CCC(Cl)CC(N)CO. The second-order valence-corrected chi connectivity index (χ2v) is 5.71. The summed E-state index contributed by atoms with van der Waals surface area (Å²) in [5.41, 5.74) is 5.62. The number of halogens is 1. The number of carbonyl (C=O) groups is 1. The highest BCUT2D eigenvalue weighted by Gasteiger charge is 2.12. The molecule has 108 valence electrons. The van der Waals surface area contributed by atoms with Crippen LogP contribution in [0, 0.1) is 5.92 Å². The molecule has 0 aromatic rings. The molecule has 5 heteroatoms. The van der Waals surface area contributed by atoms with Gasteiger partial charge in [-0.25, -0.2) is 0 Å². The van der Waals surface area contributed by atoms with Gasteiger partial charge in [-0.15, -0.1) is 11.6 Å². The highest BCUT2D eigenvalue weighted by atomic mass is 35.5. The predicted octanol–water partition coefficient (Wildman–Crippen LogP) is 2.36. The first-order valence-electron chi connectivity index (χ1n) is 6.68. The molecule has 0 amide bonds. The van der Waals surface area contributed by atoms with Gasteiger partial charge < -0.3 is 15.9 Å². The molecule has 0 spiro atoms. The van der Waals surface area contributed by atoms with Crippen LogP contribution >= 0.6 is 11.6 Å². The zero-order chi connectivity index (χ0) is 14.0. The molecule has 0 radical (unpaired) electrons. The van der Waals surface area contributed by atoms with Crippen LogP contribution < -0.4 is 5.73 Å². The molecule has 0 saturated heterocycles. The maximum atomic E-state index is 10.3. The molecule has 18 heavy (non-hydrogen) atoms. The van der Waals surface area contributed by atoms with Gasteiger partial charge in [0.1, 0.15) is 0 Å². The Balaban J connectivity index is 3.51. The minimum absolute atomic E-state index is 0.0199. The van der Waals surface area contributed by atoms with E-state index in [0.29, 0.717) is 12.3 Å². The number of alkyl halides is 1. The Morgan fingerprint density at radius 3 is 2.50 bits per heavy atom. The van der Waals surface area contributed by atoms with Gasteiger partial charge in [-0.1, -0.05) is 19.8 Å². The molecule has 0 aromatic carbocycles. The average Bonchev–Trinajstić information content (AvgIpc) is 2.31. The van der Waals surface area contributed by atoms with Crippen molar-refractivity contribution in [2.45, 2.75) is 63.3 Å². The summed E-state index contributed by atoms with van der Waals surface area (Å²) in [7, 11) is 0. The van der Waals surface area contributed by atoms with Gasteiger partial charge in [0.2, 0.25) is 0 Å². The Labute approximate surface area is 115 Å². The molecule has 3 atom stereocenters. The van der Waals surface area contributed by atoms with Crippen LogP contribution in [0.2, 0.25) is 0 Å². The van der Waals surface area contributed by atoms with E-state index in [9.17, 15) is 4.79 Å². The van der Waals surface area contributed by atoms with Crippen LogP contribution in [-0.4, -0.2) is 34.2 Å². The molecule has 3 unspecified atom stereocenters. The Bertz CT molecular complexity index is 226. The van der Waals surface area contributed by atoms with Crippen LogP contribution in [0.5, 0.6) is 0 Å². The van der Waals surface area contributed by atoms with Crippen molar-refractivity contribution in [3.05, 3.63) is 0 Å². The highest BCUT2D eigenvalue weighted by molar-refractivity contribution is 6.20. The lowest BCUT2D eigenvalue weighted by Gasteiger charge is -2.16. The number of carboxylic acids is 1. The molecule has 0 fully saturated rings. The van der Waals surface area contributed by atoms with Crippen molar-refractivity contribution in [3.63, 3.8) is 0 Å². The average molecular weight is 280 g/mol. The van der Waals surface area contributed by atoms with Crippen LogP contribution in [0.3, 0.4) is 0 Å². The first-order valence-corrected chi connectivity index (χ1v) is 7.11. The van der Waals surface area contributed by atoms with E-state index in [-0.39, 0.29) is 24.4 Å². The predicted molar refractivity (Wildman–Crippen MR) is 73.8 cm³/mol. The topological polar surface area (TPSA) is 83.5 Å². The van der Waals surface area contributed by atoms with Crippen LogP contribution in [0.4, 0.5) is 0 Å². The summed E-state index contributed by atoms with van der Waals surface area (Å²) < 4.78 is 0. The summed E-state index contributed by atoms with van der Waals surface area (Å²) >= 11 is 6.13. The van der Waals surface area contributed by atoms with Gasteiger partial charge in [0, 0.05) is 17.8 Å². The Hall–Kier alpha value is -0.320. The maximum Gasteiger partial charge on any atom is 0.303 e. The third kappa shape index (κ3) is 10.8. The van der Waals surface area contributed by atoms with Crippen molar-refractivity contribution in [2.75, 3.05) is 6.61 Å². The fourth-order valence-electron chi connectivity index (χ4n) is 1.90. The molecule has 0 saturated carbocycles. The van der Waals surface area contributed by atoms with E-state index in [2.05, 4.69) is 6.92 Å². The molecule has 0 aliphatic carbocycles. The second-order valence-electron chi connectivity index (χ2n) is 5.10. The van der Waals surface area contributed by atoms with E-state index in [1.807, 2.05) is 0 Å². The molecule has 0 aromatic heterocycles. The van der Waals surface area contributed by atoms with Crippen LogP contribution in [0.1, 0.15) is 51.9 Å². The van der Waals surface area contributed by atoms with Crippen molar-refractivity contribution in [3.8, 4) is 0 Å². The zero-order valence-electron chi connectivity index (χ0n) is 11.1. The Morgan fingerprint density at radius 2 is 1.94 bits per heavy atom. The van der Waals surface area contributed by atoms with Crippen LogP contribution in [0.15, 0.2) is 0 Å². The zero-order valence-corrected chi connectivity index (χ0v) is 11.9. The molecule has 4 N–H and O–H groups in total. The Morgan fingerprint density at radius 1 is 1.28 bits per heavy atom. The highest BCUT2D eigenvalue weighted by Crippen LogP contribution is 2.20. The number of aliphatic carboxylic acids is 1. The van der Waals surface area contributed by atoms with Gasteiger partial charge in [-0.05, 0) is 31.6 Å². The lowest BCUT2D eigenvalue weighted by molar-refractivity contribution is -0.137. The number of aliphatic hydroxyl groups excluding tert-OH is 1. The summed E-state index contributed by atoms with van der Waals surface area (Å²) in [4.78, 5) is 10.3. The lowest BCUT2D eigenvalue weighted by atomic mass is 9.96. The molecule has 0 bridgehead atoms. The van der Waals surface area contributed by atoms with Crippen LogP contribution in [0.25, 0.3) is 0 Å². The van der Waals surface area contributed by atoms with Gasteiger partial charge in [0.15, 0.2) is 0 Å². The first-order chi connectivity index (χ1) is 8.45. The largest absolute Gasteiger partial charge is 0.481 e. The molecule has 0 rings (SSSR count). The van der Waals surface area contributed by atoms with E-state index in [1.54, 1.807) is 0 Å². The standard InChI is InChI=1S/C13H26ClNO3/c1-10(4-2-3-5-13(17)18)6-7-11(14)8-12(15)9-16/h10-12,16H,2-9,15H2,1H3,(H,17,18). The first kappa shape index (κ1) is 17.7. The lowest BCUT2D eigenvalue weighted by Crippen LogP contribution is -2.27. The van der Waals surface area contributed by atoms with E-state index in [0.717, 1.165) is 32.1 Å². The molecular weight excluding hydrogens is 254 g/mol. The van der Waals surface area contributed by atoms with Crippen molar-refractivity contribution < 1.29 is 15.0 Å². The molecule has 4 nitrogen and oxygen atoms in total. The van der Waals surface area contributed by atoms with Crippen molar-refractivity contribution in [1.29, 1.82) is 0 Å². The van der Waals surface area contributed by atoms with Gasteiger partial charge >= 0.3 is 5.97 Å². The summed E-state index contributed by atoms with van der Waals surface area (Å²) in [6, 6.07) is -0.224. The Kier molecular flexibility index (Phi) is 10.4. The minimum Gasteiger partial charge on any atom is -0.481 e. The third-order valence-electron chi connectivity index (χ3n) is 3.10. The smallest absolute Gasteiger partial charge is 0.303 e. The van der Waals surface area contributed by atoms with E-state index in [1.165, 1.54) is 0 Å². The minimum atomic E-state index is -0.721. The van der Waals surface area contributed by atoms with Gasteiger partial charge in [-0.3, -0.25) is 4.79 Å². The normalized spacial score (nSPS) is 16.2. The van der Waals surface area contributed by atoms with Crippen LogP contribution in [-0.2, 0) is 4.79 Å². The molecule has 0 heterocycles. The second kappa shape index (κ2) is 10.6. The summed E-state index contributed by atoms with van der Waals surface area (Å²) in [5.74, 6) is -0.160. The molecular formula is C13H26ClNO3. The number of hydrogen-bond donors (Lipinski definition) is 3. The molecule has 0 aliphatic rings. The molecule has 0 aliphatic heterocycles. The maximum absolute atomic E-state index is 10.3. The number of nitrogens with two attached hydrogens (primary N) is 1. The van der Waals surface area contributed by atoms with Crippen molar-refractivity contribution >= 4 is 17.6 Å². The van der Waals surface area contributed by atoms with E-state index >= 15 is 0 Å². The van der Waals surface area contributed by atoms with E-state index in [4.69, 9.17) is 27.5 Å². The summed E-state index contributed by atoms with van der Waals surface area (Å²) in [5, 5.41) is 17.4.